The Balaban J connectivity index is 1.97. The van der Waals surface area contributed by atoms with Crippen molar-refractivity contribution in [3.05, 3.63) is 29.3 Å². The van der Waals surface area contributed by atoms with Crippen molar-refractivity contribution >= 4 is 0 Å². The average molecular weight is 247 g/mol. The number of benzene rings is 1. The summed E-state index contributed by atoms with van der Waals surface area (Å²) in [6.45, 7) is 5.19. The van der Waals surface area contributed by atoms with Gasteiger partial charge in [-0.05, 0) is 70.2 Å². The molecule has 0 heterocycles. The van der Waals surface area contributed by atoms with Gasteiger partial charge < -0.3 is 10.1 Å². The van der Waals surface area contributed by atoms with Gasteiger partial charge in [-0.25, -0.2) is 0 Å². The van der Waals surface area contributed by atoms with E-state index in [2.05, 4.69) is 37.4 Å². The van der Waals surface area contributed by atoms with E-state index in [-0.39, 0.29) is 5.54 Å². The van der Waals surface area contributed by atoms with Crippen LogP contribution >= 0.6 is 0 Å². The number of hydrogen-bond donors (Lipinski definition) is 1. The van der Waals surface area contributed by atoms with Gasteiger partial charge in [-0.1, -0.05) is 12.1 Å². The van der Waals surface area contributed by atoms with E-state index >= 15 is 0 Å². The molecule has 0 bridgehead atoms. The van der Waals surface area contributed by atoms with Crippen LogP contribution in [0.4, 0.5) is 0 Å². The topological polar surface area (TPSA) is 21.3 Å². The van der Waals surface area contributed by atoms with Crippen molar-refractivity contribution in [1.82, 2.24) is 5.32 Å². The molecule has 1 aliphatic rings. The van der Waals surface area contributed by atoms with Crippen LogP contribution in [0.5, 0.6) is 5.75 Å². The van der Waals surface area contributed by atoms with Crippen molar-refractivity contribution in [2.45, 2.75) is 51.5 Å². The molecule has 0 spiro atoms. The Morgan fingerprint density at radius 1 is 1.22 bits per heavy atom. The van der Waals surface area contributed by atoms with Crippen molar-refractivity contribution in [3.8, 4) is 5.75 Å². The molecule has 0 saturated heterocycles. The van der Waals surface area contributed by atoms with Crippen molar-refractivity contribution in [3.63, 3.8) is 0 Å². The highest BCUT2D eigenvalue weighted by Gasteiger charge is 2.16. The van der Waals surface area contributed by atoms with Gasteiger partial charge in [0.15, 0.2) is 0 Å². The van der Waals surface area contributed by atoms with Crippen molar-refractivity contribution < 1.29 is 4.74 Å². The summed E-state index contributed by atoms with van der Waals surface area (Å²) in [5, 5.41) is 3.31. The SMILES string of the molecule is CNC(C)(C)CCOc1cccc2c1CCCC2. The standard InChI is InChI=1S/C16H25NO/c1-16(2,17-3)11-12-18-15-10-6-8-13-7-4-5-9-14(13)15/h6,8,10,17H,4-5,7,9,11-12H2,1-3H3. The molecule has 1 aromatic rings. The third-order valence-electron chi connectivity index (χ3n) is 4.01. The van der Waals surface area contributed by atoms with Crippen LogP contribution < -0.4 is 10.1 Å². The largest absolute Gasteiger partial charge is 0.493 e. The molecule has 0 amide bonds. The van der Waals surface area contributed by atoms with Gasteiger partial charge in [0.05, 0.1) is 6.61 Å². The van der Waals surface area contributed by atoms with Crippen molar-refractivity contribution in [1.29, 1.82) is 0 Å². The molecule has 0 atom stereocenters. The van der Waals surface area contributed by atoms with E-state index in [0.717, 1.165) is 18.8 Å². The van der Waals surface area contributed by atoms with Crippen LogP contribution in [0.1, 0.15) is 44.2 Å². The van der Waals surface area contributed by atoms with Gasteiger partial charge >= 0.3 is 0 Å². The fraction of sp³-hybridized carbons (Fsp3) is 0.625. The Morgan fingerprint density at radius 3 is 2.78 bits per heavy atom. The predicted molar refractivity (Wildman–Crippen MR) is 76.3 cm³/mol. The summed E-state index contributed by atoms with van der Waals surface area (Å²) < 4.78 is 6.00. The number of hydrogen-bond acceptors (Lipinski definition) is 2. The minimum absolute atomic E-state index is 0.148. The zero-order chi connectivity index (χ0) is 13.0. The lowest BCUT2D eigenvalue weighted by molar-refractivity contribution is 0.253. The third kappa shape index (κ3) is 3.26. The lowest BCUT2D eigenvalue weighted by Gasteiger charge is -2.25. The zero-order valence-electron chi connectivity index (χ0n) is 11.9. The summed E-state index contributed by atoms with van der Waals surface area (Å²) in [5.41, 5.74) is 3.09. The molecule has 0 saturated carbocycles. The average Bonchev–Trinajstić information content (AvgIpc) is 2.39. The number of aryl methyl sites for hydroxylation is 1. The lowest BCUT2D eigenvalue weighted by Crippen LogP contribution is -2.37. The first-order chi connectivity index (χ1) is 8.62. The van der Waals surface area contributed by atoms with Gasteiger partial charge in [-0.3, -0.25) is 0 Å². The van der Waals surface area contributed by atoms with E-state index in [9.17, 15) is 0 Å². The number of ether oxygens (including phenoxy) is 1. The molecular weight excluding hydrogens is 222 g/mol. The minimum atomic E-state index is 0.148. The third-order valence-corrected chi connectivity index (χ3v) is 4.01. The molecule has 2 heteroatoms. The molecule has 1 aromatic carbocycles. The van der Waals surface area contributed by atoms with Crippen LogP contribution in [0.3, 0.4) is 0 Å². The van der Waals surface area contributed by atoms with Gasteiger partial charge in [0.1, 0.15) is 5.75 Å². The summed E-state index contributed by atoms with van der Waals surface area (Å²) in [6.07, 6.45) is 6.04. The fourth-order valence-corrected chi connectivity index (χ4v) is 2.42. The van der Waals surface area contributed by atoms with Gasteiger partial charge in [-0.15, -0.1) is 0 Å². The lowest BCUT2D eigenvalue weighted by atomic mass is 9.91. The number of rotatable bonds is 5. The first kappa shape index (κ1) is 13.4. The van der Waals surface area contributed by atoms with E-state index in [1.54, 1.807) is 0 Å². The Kier molecular flexibility index (Phi) is 4.28. The Hall–Kier alpha value is -1.02. The highest BCUT2D eigenvalue weighted by Crippen LogP contribution is 2.29. The smallest absolute Gasteiger partial charge is 0.122 e. The first-order valence-corrected chi connectivity index (χ1v) is 7.05. The van der Waals surface area contributed by atoms with E-state index in [1.807, 2.05) is 7.05 Å². The zero-order valence-corrected chi connectivity index (χ0v) is 11.9. The molecule has 2 nitrogen and oxygen atoms in total. The molecule has 0 radical (unpaired) electrons. The molecule has 0 aliphatic heterocycles. The number of fused-ring (bicyclic) bond motifs is 1. The second kappa shape index (κ2) is 5.75. The number of nitrogens with one attached hydrogen (secondary N) is 1. The van der Waals surface area contributed by atoms with Crippen molar-refractivity contribution in [2.75, 3.05) is 13.7 Å². The van der Waals surface area contributed by atoms with E-state index in [4.69, 9.17) is 4.74 Å². The molecule has 1 aliphatic carbocycles. The highest BCUT2D eigenvalue weighted by atomic mass is 16.5. The van der Waals surface area contributed by atoms with Gasteiger partial charge in [0, 0.05) is 5.54 Å². The Bertz CT molecular complexity index is 398. The normalized spacial score (nSPS) is 15.3. The van der Waals surface area contributed by atoms with Gasteiger partial charge in [0.2, 0.25) is 0 Å². The highest BCUT2D eigenvalue weighted by molar-refractivity contribution is 5.41. The summed E-state index contributed by atoms with van der Waals surface area (Å²) in [5.74, 6) is 1.11. The second-order valence-electron chi connectivity index (χ2n) is 5.83. The molecular formula is C16H25NO. The van der Waals surface area contributed by atoms with Gasteiger partial charge in [0.25, 0.3) is 0 Å². The summed E-state index contributed by atoms with van der Waals surface area (Å²) in [4.78, 5) is 0. The van der Waals surface area contributed by atoms with Crippen LogP contribution in [0.2, 0.25) is 0 Å². The van der Waals surface area contributed by atoms with Crippen molar-refractivity contribution in [2.24, 2.45) is 0 Å². The minimum Gasteiger partial charge on any atom is -0.493 e. The Labute approximate surface area is 111 Å². The van der Waals surface area contributed by atoms with Crippen LogP contribution in [0.15, 0.2) is 18.2 Å². The van der Waals surface area contributed by atoms with Gasteiger partial charge in [-0.2, -0.15) is 0 Å². The Morgan fingerprint density at radius 2 is 2.00 bits per heavy atom. The molecule has 18 heavy (non-hydrogen) atoms. The van der Waals surface area contributed by atoms with Crippen LogP contribution in [-0.2, 0) is 12.8 Å². The monoisotopic (exact) mass is 247 g/mol. The summed E-state index contributed by atoms with van der Waals surface area (Å²) in [7, 11) is 2.00. The summed E-state index contributed by atoms with van der Waals surface area (Å²) in [6, 6.07) is 6.50. The van der Waals surface area contributed by atoms with Crippen LogP contribution in [0.25, 0.3) is 0 Å². The van der Waals surface area contributed by atoms with Crippen LogP contribution in [0, 0.1) is 0 Å². The first-order valence-electron chi connectivity index (χ1n) is 7.05. The molecule has 1 N–H and O–H groups in total. The van der Waals surface area contributed by atoms with E-state index in [1.165, 1.54) is 36.8 Å². The van der Waals surface area contributed by atoms with E-state index < -0.39 is 0 Å². The predicted octanol–water partition coefficient (Wildman–Crippen LogP) is 3.33. The molecule has 0 unspecified atom stereocenters. The quantitative estimate of drug-likeness (QED) is 0.861. The van der Waals surface area contributed by atoms with Crippen LogP contribution in [-0.4, -0.2) is 19.2 Å². The second-order valence-corrected chi connectivity index (χ2v) is 5.83. The maximum atomic E-state index is 6.00. The molecule has 0 aromatic heterocycles. The van der Waals surface area contributed by atoms with E-state index in [0.29, 0.717) is 0 Å². The molecule has 100 valence electrons. The maximum absolute atomic E-state index is 6.00. The molecule has 0 fully saturated rings. The maximum Gasteiger partial charge on any atom is 0.122 e. The molecule has 2 rings (SSSR count). The summed E-state index contributed by atoms with van der Waals surface area (Å²) >= 11 is 0. The fourth-order valence-electron chi connectivity index (χ4n) is 2.42.